The Kier molecular flexibility index (Phi) is 5.30. The molecule has 140 valence electrons. The van der Waals surface area contributed by atoms with Gasteiger partial charge in [0.2, 0.25) is 5.91 Å². The van der Waals surface area contributed by atoms with Gasteiger partial charge < -0.3 is 15.0 Å². The van der Waals surface area contributed by atoms with Gasteiger partial charge in [0.25, 0.3) is 5.91 Å². The minimum absolute atomic E-state index is 0.0458. The first-order valence-electron chi connectivity index (χ1n) is 9.31. The zero-order valence-electron chi connectivity index (χ0n) is 15.7. The first-order chi connectivity index (χ1) is 12.4. The summed E-state index contributed by atoms with van der Waals surface area (Å²) in [7, 11) is 1.61. The SMILES string of the molecule is COc1ccc(C2=NC3(CCCCC3)N(CC(=O)NC(C)C)C2=O)cc1. The number of rotatable bonds is 5. The van der Waals surface area contributed by atoms with Crippen molar-refractivity contribution in [3.05, 3.63) is 29.8 Å². The summed E-state index contributed by atoms with van der Waals surface area (Å²) in [5.74, 6) is 0.445. The molecule has 6 heteroatoms. The van der Waals surface area contributed by atoms with Crippen LogP contribution in [-0.2, 0) is 9.59 Å². The van der Waals surface area contributed by atoms with Crippen LogP contribution in [0.3, 0.4) is 0 Å². The summed E-state index contributed by atoms with van der Waals surface area (Å²) < 4.78 is 5.19. The Morgan fingerprint density at radius 1 is 1.23 bits per heavy atom. The molecule has 0 bridgehead atoms. The fourth-order valence-corrected chi connectivity index (χ4v) is 3.80. The Morgan fingerprint density at radius 3 is 2.46 bits per heavy atom. The van der Waals surface area contributed by atoms with Gasteiger partial charge in [-0.15, -0.1) is 0 Å². The van der Waals surface area contributed by atoms with Gasteiger partial charge in [0.15, 0.2) is 0 Å². The molecule has 0 atom stereocenters. The molecule has 1 saturated carbocycles. The number of carbonyl (C=O) groups is 2. The average Bonchev–Trinajstić information content (AvgIpc) is 2.88. The van der Waals surface area contributed by atoms with E-state index < -0.39 is 5.66 Å². The van der Waals surface area contributed by atoms with Gasteiger partial charge in [-0.2, -0.15) is 0 Å². The smallest absolute Gasteiger partial charge is 0.275 e. The lowest BCUT2D eigenvalue weighted by molar-refractivity contribution is -0.136. The number of nitrogens with one attached hydrogen (secondary N) is 1. The van der Waals surface area contributed by atoms with Crippen molar-refractivity contribution in [3.63, 3.8) is 0 Å². The van der Waals surface area contributed by atoms with Crippen LogP contribution in [0.4, 0.5) is 0 Å². The highest BCUT2D eigenvalue weighted by molar-refractivity contribution is 6.47. The lowest BCUT2D eigenvalue weighted by Crippen LogP contribution is -2.52. The highest BCUT2D eigenvalue weighted by Crippen LogP contribution is 2.39. The van der Waals surface area contributed by atoms with Gasteiger partial charge in [-0.3, -0.25) is 14.6 Å². The summed E-state index contributed by atoms with van der Waals surface area (Å²) in [6.45, 7) is 3.89. The van der Waals surface area contributed by atoms with Gasteiger partial charge in [0.05, 0.1) is 7.11 Å². The van der Waals surface area contributed by atoms with Crippen molar-refractivity contribution in [1.29, 1.82) is 0 Å². The van der Waals surface area contributed by atoms with Crippen LogP contribution in [0, 0.1) is 0 Å². The highest BCUT2D eigenvalue weighted by atomic mass is 16.5. The molecule has 1 N–H and O–H groups in total. The zero-order valence-corrected chi connectivity index (χ0v) is 15.7. The van der Waals surface area contributed by atoms with E-state index >= 15 is 0 Å². The largest absolute Gasteiger partial charge is 0.497 e. The third-order valence-corrected chi connectivity index (χ3v) is 5.04. The van der Waals surface area contributed by atoms with Crippen LogP contribution in [0.2, 0.25) is 0 Å². The molecule has 1 fully saturated rings. The Labute approximate surface area is 154 Å². The third-order valence-electron chi connectivity index (χ3n) is 5.04. The van der Waals surface area contributed by atoms with E-state index in [1.807, 2.05) is 38.1 Å². The average molecular weight is 357 g/mol. The topological polar surface area (TPSA) is 71.0 Å². The quantitative estimate of drug-likeness (QED) is 0.880. The highest BCUT2D eigenvalue weighted by Gasteiger charge is 2.48. The van der Waals surface area contributed by atoms with E-state index in [1.54, 1.807) is 12.0 Å². The summed E-state index contributed by atoms with van der Waals surface area (Å²) in [6, 6.07) is 7.40. The molecular weight excluding hydrogens is 330 g/mol. The molecule has 3 rings (SSSR count). The number of amides is 2. The Bertz CT molecular complexity index is 704. The minimum Gasteiger partial charge on any atom is -0.497 e. The maximum Gasteiger partial charge on any atom is 0.275 e. The van der Waals surface area contributed by atoms with E-state index in [2.05, 4.69) is 5.32 Å². The normalized spacial score (nSPS) is 19.0. The molecule has 1 spiro atoms. The van der Waals surface area contributed by atoms with Gasteiger partial charge in [-0.25, -0.2) is 0 Å². The maximum atomic E-state index is 13.1. The molecule has 1 aliphatic carbocycles. The number of benzene rings is 1. The van der Waals surface area contributed by atoms with Crippen molar-refractivity contribution in [3.8, 4) is 5.75 Å². The number of ether oxygens (including phenoxy) is 1. The van der Waals surface area contributed by atoms with Crippen molar-refractivity contribution < 1.29 is 14.3 Å². The summed E-state index contributed by atoms with van der Waals surface area (Å²) in [5, 5.41) is 2.88. The van der Waals surface area contributed by atoms with Gasteiger partial charge in [0, 0.05) is 11.6 Å². The second-order valence-electron chi connectivity index (χ2n) is 7.35. The van der Waals surface area contributed by atoms with E-state index in [4.69, 9.17) is 9.73 Å². The fourth-order valence-electron chi connectivity index (χ4n) is 3.80. The molecule has 1 heterocycles. The van der Waals surface area contributed by atoms with Crippen molar-refractivity contribution >= 4 is 17.5 Å². The Balaban J connectivity index is 1.89. The van der Waals surface area contributed by atoms with Crippen molar-refractivity contribution in [2.45, 2.75) is 57.7 Å². The summed E-state index contributed by atoms with van der Waals surface area (Å²) in [6.07, 6.45) is 4.82. The second kappa shape index (κ2) is 7.48. The Morgan fingerprint density at radius 2 is 1.88 bits per heavy atom. The molecule has 0 saturated heterocycles. The van der Waals surface area contributed by atoms with E-state index in [9.17, 15) is 9.59 Å². The van der Waals surface area contributed by atoms with E-state index in [1.165, 1.54) is 0 Å². The molecule has 0 unspecified atom stereocenters. The number of carbonyl (C=O) groups excluding carboxylic acids is 2. The first kappa shape index (κ1) is 18.4. The lowest BCUT2D eigenvalue weighted by atomic mass is 9.88. The standard InChI is InChI=1S/C20H27N3O3/c1-14(2)21-17(24)13-23-19(25)18(15-7-9-16(26-3)10-8-15)22-20(23)11-5-4-6-12-20/h7-10,14H,4-6,11-13H2,1-3H3,(H,21,24). The van der Waals surface area contributed by atoms with E-state index in [-0.39, 0.29) is 24.4 Å². The maximum absolute atomic E-state index is 13.1. The molecule has 0 aromatic heterocycles. The summed E-state index contributed by atoms with van der Waals surface area (Å²) in [5.41, 5.74) is 0.651. The van der Waals surface area contributed by atoms with Gasteiger partial charge in [-0.1, -0.05) is 6.42 Å². The van der Waals surface area contributed by atoms with Crippen LogP contribution in [0.5, 0.6) is 5.75 Å². The first-order valence-corrected chi connectivity index (χ1v) is 9.31. The number of hydrogen-bond donors (Lipinski definition) is 1. The summed E-state index contributed by atoms with van der Waals surface area (Å²) in [4.78, 5) is 32.0. The number of methoxy groups -OCH3 is 1. The van der Waals surface area contributed by atoms with Crippen molar-refractivity contribution in [2.75, 3.05) is 13.7 Å². The van der Waals surface area contributed by atoms with Crippen molar-refractivity contribution in [2.24, 2.45) is 4.99 Å². The number of nitrogens with zero attached hydrogens (tertiary/aromatic N) is 2. The van der Waals surface area contributed by atoms with Crippen LogP contribution < -0.4 is 10.1 Å². The molecule has 26 heavy (non-hydrogen) atoms. The Hall–Kier alpha value is -2.37. The van der Waals surface area contributed by atoms with Gasteiger partial charge in [0.1, 0.15) is 23.7 Å². The molecule has 0 radical (unpaired) electrons. The third kappa shape index (κ3) is 3.59. The minimum atomic E-state index is -0.571. The monoisotopic (exact) mass is 357 g/mol. The summed E-state index contributed by atoms with van der Waals surface area (Å²) >= 11 is 0. The molecule has 1 aromatic rings. The van der Waals surface area contributed by atoms with Crippen LogP contribution >= 0.6 is 0 Å². The predicted molar refractivity (Wildman–Crippen MR) is 100 cm³/mol. The number of hydrogen-bond acceptors (Lipinski definition) is 4. The van der Waals surface area contributed by atoms with E-state index in [0.717, 1.165) is 43.4 Å². The second-order valence-corrected chi connectivity index (χ2v) is 7.35. The van der Waals surface area contributed by atoms with Gasteiger partial charge in [-0.05, 0) is 63.8 Å². The van der Waals surface area contributed by atoms with Crippen LogP contribution in [-0.4, -0.2) is 47.8 Å². The van der Waals surface area contributed by atoms with Crippen molar-refractivity contribution in [1.82, 2.24) is 10.2 Å². The predicted octanol–water partition coefficient (Wildman–Crippen LogP) is 2.51. The molecular formula is C20H27N3O3. The molecule has 6 nitrogen and oxygen atoms in total. The van der Waals surface area contributed by atoms with Crippen LogP contribution in [0.25, 0.3) is 0 Å². The van der Waals surface area contributed by atoms with Crippen LogP contribution in [0.15, 0.2) is 29.3 Å². The lowest BCUT2D eigenvalue weighted by Gasteiger charge is -2.38. The molecule has 2 amide bonds. The van der Waals surface area contributed by atoms with Gasteiger partial charge >= 0.3 is 0 Å². The number of aliphatic imine (C=N–C) groups is 1. The molecule has 1 aliphatic heterocycles. The fraction of sp³-hybridized carbons (Fsp3) is 0.550. The molecule has 2 aliphatic rings. The van der Waals surface area contributed by atoms with Crippen LogP contribution in [0.1, 0.15) is 51.5 Å². The molecule has 1 aromatic carbocycles. The van der Waals surface area contributed by atoms with E-state index in [0.29, 0.717) is 5.71 Å². The zero-order chi connectivity index (χ0) is 18.7.